The van der Waals surface area contributed by atoms with Gasteiger partial charge in [-0.3, -0.25) is 0 Å². The predicted octanol–water partition coefficient (Wildman–Crippen LogP) is 3.30. The van der Waals surface area contributed by atoms with E-state index in [-0.39, 0.29) is 18.3 Å². The third-order valence-electron chi connectivity index (χ3n) is 5.33. The van der Waals surface area contributed by atoms with Crippen LogP contribution in [0.5, 0.6) is 17.2 Å². The molecular weight excluding hydrogens is 372 g/mol. The van der Waals surface area contributed by atoms with Crippen LogP contribution in [0.3, 0.4) is 0 Å². The first-order valence-electron chi connectivity index (χ1n) is 10.1. The van der Waals surface area contributed by atoms with Crippen molar-refractivity contribution in [2.45, 2.75) is 32.2 Å². The minimum atomic E-state index is 0.197. The second-order valence-electron chi connectivity index (χ2n) is 7.84. The van der Waals surface area contributed by atoms with Gasteiger partial charge < -0.3 is 28.4 Å². The highest BCUT2D eigenvalue weighted by Crippen LogP contribution is 2.40. The summed E-state index contributed by atoms with van der Waals surface area (Å²) in [5.41, 5.74) is 4.26. The fourth-order valence-electron chi connectivity index (χ4n) is 3.32. The van der Waals surface area contributed by atoms with Crippen LogP contribution < -0.4 is 14.2 Å². The molecule has 0 amide bonds. The Kier molecular flexibility index (Phi) is 5.08. The van der Waals surface area contributed by atoms with Crippen molar-refractivity contribution in [3.05, 3.63) is 41.5 Å². The Morgan fingerprint density at radius 1 is 0.759 bits per heavy atom. The van der Waals surface area contributed by atoms with Crippen LogP contribution in [-0.4, -0.2) is 58.0 Å². The number of ether oxygens (including phenoxy) is 6. The van der Waals surface area contributed by atoms with Crippen LogP contribution >= 0.6 is 0 Å². The Balaban J connectivity index is 1.45. The first-order valence-corrected chi connectivity index (χ1v) is 10.1. The average molecular weight is 398 g/mol. The van der Waals surface area contributed by atoms with Crippen molar-refractivity contribution in [3.63, 3.8) is 0 Å². The molecular formula is C23H26O6. The summed E-state index contributed by atoms with van der Waals surface area (Å²) >= 11 is 0. The monoisotopic (exact) mass is 398 g/mol. The van der Waals surface area contributed by atoms with Crippen LogP contribution in [0.2, 0.25) is 0 Å². The minimum absolute atomic E-state index is 0.197. The molecule has 154 valence electrons. The van der Waals surface area contributed by atoms with Crippen LogP contribution in [0, 0.1) is 13.8 Å². The molecule has 0 spiro atoms. The zero-order valence-electron chi connectivity index (χ0n) is 16.8. The van der Waals surface area contributed by atoms with Crippen molar-refractivity contribution in [3.8, 4) is 28.4 Å². The molecule has 0 aromatic heterocycles. The summed E-state index contributed by atoms with van der Waals surface area (Å²) < 4.78 is 33.9. The zero-order valence-corrected chi connectivity index (χ0v) is 16.8. The maximum atomic E-state index is 6.09. The van der Waals surface area contributed by atoms with Gasteiger partial charge in [0.1, 0.15) is 55.4 Å². The highest BCUT2D eigenvalue weighted by atomic mass is 16.6. The third-order valence-corrected chi connectivity index (χ3v) is 5.33. The summed E-state index contributed by atoms with van der Waals surface area (Å²) in [5.74, 6) is 2.53. The Labute approximate surface area is 170 Å². The lowest BCUT2D eigenvalue weighted by molar-refractivity contribution is 0.258. The van der Waals surface area contributed by atoms with E-state index in [0.717, 1.165) is 59.3 Å². The van der Waals surface area contributed by atoms with Gasteiger partial charge in [0.05, 0.1) is 19.8 Å². The summed E-state index contributed by atoms with van der Waals surface area (Å²) in [6.45, 7) is 8.18. The molecule has 3 unspecified atom stereocenters. The molecule has 3 aliphatic heterocycles. The third kappa shape index (κ3) is 4.66. The van der Waals surface area contributed by atoms with Crippen LogP contribution in [0.4, 0.5) is 0 Å². The van der Waals surface area contributed by atoms with Gasteiger partial charge in [0.25, 0.3) is 0 Å². The normalized spacial score (nSPS) is 24.1. The van der Waals surface area contributed by atoms with Crippen molar-refractivity contribution in [1.82, 2.24) is 0 Å². The Morgan fingerprint density at radius 3 is 2.03 bits per heavy atom. The van der Waals surface area contributed by atoms with Crippen molar-refractivity contribution in [2.24, 2.45) is 0 Å². The maximum absolute atomic E-state index is 6.09. The molecule has 0 saturated carbocycles. The molecule has 2 aromatic rings. The molecule has 2 aromatic carbocycles. The smallest absolute Gasteiger partial charge is 0.127 e. The lowest BCUT2D eigenvalue weighted by Gasteiger charge is -2.18. The molecule has 3 heterocycles. The lowest BCUT2D eigenvalue weighted by Crippen LogP contribution is -2.08. The fraction of sp³-hybridized carbons (Fsp3) is 0.478. The molecule has 29 heavy (non-hydrogen) atoms. The van der Waals surface area contributed by atoms with E-state index in [1.165, 1.54) is 0 Å². The largest absolute Gasteiger partial charge is 0.491 e. The van der Waals surface area contributed by atoms with Crippen molar-refractivity contribution in [1.29, 1.82) is 0 Å². The van der Waals surface area contributed by atoms with E-state index >= 15 is 0 Å². The van der Waals surface area contributed by atoms with Crippen molar-refractivity contribution >= 4 is 0 Å². The molecule has 3 fully saturated rings. The Hall–Kier alpha value is -2.28. The molecule has 3 atom stereocenters. The maximum Gasteiger partial charge on any atom is 0.127 e. The molecule has 0 radical (unpaired) electrons. The Morgan fingerprint density at radius 2 is 1.38 bits per heavy atom. The second-order valence-corrected chi connectivity index (χ2v) is 7.84. The summed E-state index contributed by atoms with van der Waals surface area (Å²) in [4.78, 5) is 0. The molecule has 0 N–H and O–H groups in total. The predicted molar refractivity (Wildman–Crippen MR) is 107 cm³/mol. The van der Waals surface area contributed by atoms with Gasteiger partial charge in [-0.2, -0.15) is 0 Å². The summed E-state index contributed by atoms with van der Waals surface area (Å²) in [6.07, 6.45) is 0.630. The Bertz CT molecular complexity index is 883. The molecule has 3 saturated heterocycles. The first-order chi connectivity index (χ1) is 14.2. The van der Waals surface area contributed by atoms with E-state index in [1.54, 1.807) is 0 Å². The number of rotatable bonds is 10. The number of benzene rings is 2. The highest BCUT2D eigenvalue weighted by molar-refractivity contribution is 5.77. The van der Waals surface area contributed by atoms with Crippen molar-refractivity contribution in [2.75, 3.05) is 39.6 Å². The second kappa shape index (κ2) is 7.86. The number of hydrogen-bond donors (Lipinski definition) is 0. The molecule has 0 aliphatic carbocycles. The SMILES string of the molecule is Cc1ccc(-c2cc(OCC3CO3)ccc2OCC2CO2)c(C)c1OCC1CO1. The molecule has 6 heteroatoms. The lowest BCUT2D eigenvalue weighted by atomic mass is 9.96. The van der Waals surface area contributed by atoms with E-state index in [0.29, 0.717) is 19.8 Å². The van der Waals surface area contributed by atoms with E-state index < -0.39 is 0 Å². The van der Waals surface area contributed by atoms with Gasteiger partial charge >= 0.3 is 0 Å². The van der Waals surface area contributed by atoms with Gasteiger partial charge in [0.2, 0.25) is 0 Å². The standard InChI is InChI=1S/C23H26O6/c1-14-3-5-20(15(2)23(14)29-13-19-11-27-19)21-7-16(24-8-17-9-25-17)4-6-22(21)28-12-18-10-26-18/h3-7,17-19H,8-13H2,1-2H3. The van der Waals surface area contributed by atoms with Gasteiger partial charge in [-0.25, -0.2) is 0 Å². The van der Waals surface area contributed by atoms with Gasteiger partial charge in [-0.1, -0.05) is 12.1 Å². The van der Waals surface area contributed by atoms with Gasteiger partial charge in [0, 0.05) is 5.56 Å². The van der Waals surface area contributed by atoms with Gasteiger partial charge in [-0.15, -0.1) is 0 Å². The van der Waals surface area contributed by atoms with E-state index in [2.05, 4.69) is 26.0 Å². The highest BCUT2D eigenvalue weighted by Gasteiger charge is 2.26. The quantitative estimate of drug-likeness (QED) is 0.572. The first kappa shape index (κ1) is 18.7. The van der Waals surface area contributed by atoms with Crippen LogP contribution in [0.15, 0.2) is 30.3 Å². The van der Waals surface area contributed by atoms with Gasteiger partial charge in [-0.05, 0) is 48.7 Å². The summed E-state index contributed by atoms with van der Waals surface area (Å²) in [7, 11) is 0. The molecule has 6 nitrogen and oxygen atoms in total. The van der Waals surface area contributed by atoms with Gasteiger partial charge in [0.15, 0.2) is 0 Å². The van der Waals surface area contributed by atoms with Crippen LogP contribution in [-0.2, 0) is 14.2 Å². The van der Waals surface area contributed by atoms with E-state index in [1.807, 2.05) is 18.2 Å². The van der Waals surface area contributed by atoms with Crippen molar-refractivity contribution < 1.29 is 28.4 Å². The molecule has 0 bridgehead atoms. The number of aryl methyl sites for hydroxylation is 1. The average Bonchev–Trinajstić information content (AvgIpc) is 3.55. The number of epoxide rings is 3. The summed E-state index contributed by atoms with van der Waals surface area (Å²) in [5, 5.41) is 0. The minimum Gasteiger partial charge on any atom is -0.491 e. The van der Waals surface area contributed by atoms with Crippen LogP contribution in [0.1, 0.15) is 11.1 Å². The van der Waals surface area contributed by atoms with E-state index in [9.17, 15) is 0 Å². The zero-order chi connectivity index (χ0) is 19.8. The fourth-order valence-corrected chi connectivity index (χ4v) is 3.32. The van der Waals surface area contributed by atoms with E-state index in [4.69, 9.17) is 28.4 Å². The molecule has 3 aliphatic rings. The topological polar surface area (TPSA) is 65.3 Å². The van der Waals surface area contributed by atoms with Crippen LogP contribution in [0.25, 0.3) is 11.1 Å². The molecule has 5 rings (SSSR count). The number of hydrogen-bond acceptors (Lipinski definition) is 6. The summed E-state index contributed by atoms with van der Waals surface area (Å²) in [6, 6.07) is 10.2.